The van der Waals surface area contributed by atoms with E-state index in [1.54, 1.807) is 0 Å². The van der Waals surface area contributed by atoms with E-state index in [1.807, 2.05) is 4.90 Å². The highest BCUT2D eigenvalue weighted by Crippen LogP contribution is 2.10. The fourth-order valence-electron chi connectivity index (χ4n) is 2.16. The molecule has 1 aliphatic rings. The van der Waals surface area contributed by atoms with Gasteiger partial charge in [0.1, 0.15) is 0 Å². The topological polar surface area (TPSA) is 69.6 Å². The number of rotatable bonds is 5. The zero-order valence-corrected chi connectivity index (χ0v) is 11.0. The molecule has 0 unspecified atom stereocenters. The van der Waals surface area contributed by atoms with Crippen LogP contribution in [-0.4, -0.2) is 41.6 Å². The molecule has 0 radical (unpaired) electrons. The molecule has 0 spiro atoms. The van der Waals surface area contributed by atoms with Crippen molar-refractivity contribution in [3.8, 4) is 0 Å². The van der Waals surface area contributed by atoms with E-state index in [0.717, 1.165) is 32.4 Å². The number of carbonyl (C=O) groups is 2. The molecule has 0 saturated carbocycles. The maximum atomic E-state index is 11.9. The molecule has 104 valence electrons. The van der Waals surface area contributed by atoms with Gasteiger partial charge in [-0.2, -0.15) is 0 Å². The molecule has 0 bridgehead atoms. The molecule has 0 atom stereocenters. The molecule has 2 N–H and O–H groups in total. The zero-order chi connectivity index (χ0) is 13.2. The first-order valence-electron chi connectivity index (χ1n) is 6.95. The Kier molecular flexibility index (Phi) is 7.22. The second-order valence-corrected chi connectivity index (χ2v) is 4.84. The summed E-state index contributed by atoms with van der Waals surface area (Å²) in [6.07, 6.45) is 7.41. The van der Waals surface area contributed by atoms with Crippen molar-refractivity contribution in [2.75, 3.05) is 19.6 Å². The second kappa shape index (κ2) is 8.78. The van der Waals surface area contributed by atoms with Gasteiger partial charge in [-0.15, -0.1) is 0 Å². The van der Waals surface area contributed by atoms with Gasteiger partial charge in [0, 0.05) is 26.1 Å². The van der Waals surface area contributed by atoms with Crippen molar-refractivity contribution >= 4 is 12.0 Å². The van der Waals surface area contributed by atoms with E-state index in [4.69, 9.17) is 5.11 Å². The van der Waals surface area contributed by atoms with Gasteiger partial charge < -0.3 is 15.3 Å². The van der Waals surface area contributed by atoms with Gasteiger partial charge in [0.2, 0.25) is 0 Å². The first kappa shape index (κ1) is 14.8. The van der Waals surface area contributed by atoms with E-state index >= 15 is 0 Å². The molecule has 0 aromatic carbocycles. The number of likely N-dealkylation sites (tertiary alicyclic amines) is 1. The summed E-state index contributed by atoms with van der Waals surface area (Å²) in [5.74, 6) is -0.773. The average molecular weight is 256 g/mol. The minimum atomic E-state index is -0.773. The number of unbranched alkanes of at least 4 members (excludes halogenated alkanes) is 1. The van der Waals surface area contributed by atoms with Crippen LogP contribution in [0.3, 0.4) is 0 Å². The van der Waals surface area contributed by atoms with Gasteiger partial charge in [0.25, 0.3) is 0 Å². The summed E-state index contributed by atoms with van der Waals surface area (Å²) in [6, 6.07) is 0.00669. The van der Waals surface area contributed by atoms with Gasteiger partial charge in [-0.1, -0.05) is 19.3 Å². The molecular weight excluding hydrogens is 232 g/mol. The third-order valence-electron chi connectivity index (χ3n) is 3.24. The van der Waals surface area contributed by atoms with Crippen LogP contribution in [0.1, 0.15) is 51.4 Å². The van der Waals surface area contributed by atoms with Crippen molar-refractivity contribution < 1.29 is 14.7 Å². The van der Waals surface area contributed by atoms with E-state index < -0.39 is 5.97 Å². The van der Waals surface area contributed by atoms with Gasteiger partial charge in [-0.25, -0.2) is 4.79 Å². The van der Waals surface area contributed by atoms with Crippen LogP contribution < -0.4 is 5.32 Å². The first-order valence-corrected chi connectivity index (χ1v) is 6.95. The molecule has 5 nitrogen and oxygen atoms in total. The number of amides is 2. The van der Waals surface area contributed by atoms with Crippen LogP contribution >= 0.6 is 0 Å². The Morgan fingerprint density at radius 2 is 1.61 bits per heavy atom. The molecule has 0 aliphatic carbocycles. The number of hydrogen-bond acceptors (Lipinski definition) is 2. The number of nitrogens with one attached hydrogen (secondary N) is 1. The number of carboxylic acids is 1. The summed E-state index contributed by atoms with van der Waals surface area (Å²) < 4.78 is 0. The number of carbonyl (C=O) groups excluding carboxylic acids is 1. The Bertz CT molecular complexity index is 261. The Morgan fingerprint density at radius 3 is 2.22 bits per heavy atom. The molecule has 1 heterocycles. The molecular formula is C13H24N2O3. The fraction of sp³-hybridized carbons (Fsp3) is 0.846. The molecule has 0 aromatic heterocycles. The summed E-state index contributed by atoms with van der Waals surface area (Å²) in [5, 5.41) is 11.4. The van der Waals surface area contributed by atoms with Crippen LogP contribution in [0.4, 0.5) is 4.79 Å². The second-order valence-electron chi connectivity index (χ2n) is 4.84. The molecule has 1 aliphatic heterocycles. The van der Waals surface area contributed by atoms with E-state index in [1.165, 1.54) is 19.3 Å². The SMILES string of the molecule is O=C(O)CCCCNC(=O)N1CCCCCCC1. The monoisotopic (exact) mass is 256 g/mol. The lowest BCUT2D eigenvalue weighted by Gasteiger charge is -2.25. The van der Waals surface area contributed by atoms with Crippen molar-refractivity contribution in [3.05, 3.63) is 0 Å². The molecule has 1 rings (SSSR count). The molecule has 5 heteroatoms. The molecule has 0 aromatic rings. The van der Waals surface area contributed by atoms with Crippen molar-refractivity contribution in [2.45, 2.75) is 51.4 Å². The van der Waals surface area contributed by atoms with Crippen LogP contribution in [0.25, 0.3) is 0 Å². The van der Waals surface area contributed by atoms with Crippen molar-refractivity contribution in [2.24, 2.45) is 0 Å². The summed E-state index contributed by atoms with van der Waals surface area (Å²) in [4.78, 5) is 24.1. The summed E-state index contributed by atoms with van der Waals surface area (Å²) in [6.45, 7) is 2.27. The van der Waals surface area contributed by atoms with Gasteiger partial charge in [-0.05, 0) is 25.7 Å². The lowest BCUT2D eigenvalue weighted by Crippen LogP contribution is -2.41. The smallest absolute Gasteiger partial charge is 0.317 e. The highest BCUT2D eigenvalue weighted by molar-refractivity contribution is 5.74. The van der Waals surface area contributed by atoms with Gasteiger partial charge in [0.05, 0.1) is 0 Å². The number of carboxylic acid groups (broad SMARTS) is 1. The van der Waals surface area contributed by atoms with Crippen LogP contribution in [0.5, 0.6) is 0 Å². The number of urea groups is 1. The van der Waals surface area contributed by atoms with Crippen LogP contribution in [0.15, 0.2) is 0 Å². The van der Waals surface area contributed by atoms with E-state index in [2.05, 4.69) is 5.32 Å². The standard InChI is InChI=1S/C13H24N2O3/c16-12(17)8-4-5-9-14-13(18)15-10-6-2-1-3-7-11-15/h1-11H2,(H,14,18)(H,16,17). The third kappa shape index (κ3) is 6.47. The predicted molar refractivity (Wildman–Crippen MR) is 69.5 cm³/mol. The minimum Gasteiger partial charge on any atom is -0.481 e. The fourth-order valence-corrected chi connectivity index (χ4v) is 2.16. The normalized spacial score (nSPS) is 16.8. The van der Waals surface area contributed by atoms with Crippen LogP contribution in [-0.2, 0) is 4.79 Å². The predicted octanol–water partition coefficient (Wildman–Crippen LogP) is 2.22. The maximum absolute atomic E-state index is 11.9. The summed E-state index contributed by atoms with van der Waals surface area (Å²) in [5.41, 5.74) is 0. The first-order chi connectivity index (χ1) is 8.70. The number of aliphatic carboxylic acids is 1. The highest BCUT2D eigenvalue weighted by atomic mass is 16.4. The maximum Gasteiger partial charge on any atom is 0.317 e. The van der Waals surface area contributed by atoms with Crippen molar-refractivity contribution in [1.82, 2.24) is 10.2 Å². The van der Waals surface area contributed by atoms with Gasteiger partial charge in [-0.3, -0.25) is 4.79 Å². The molecule has 18 heavy (non-hydrogen) atoms. The van der Waals surface area contributed by atoms with Gasteiger partial charge >= 0.3 is 12.0 Å². The average Bonchev–Trinajstić information content (AvgIpc) is 2.27. The number of hydrogen-bond donors (Lipinski definition) is 2. The Morgan fingerprint density at radius 1 is 1.00 bits per heavy atom. The zero-order valence-electron chi connectivity index (χ0n) is 11.0. The van der Waals surface area contributed by atoms with Crippen LogP contribution in [0.2, 0.25) is 0 Å². The van der Waals surface area contributed by atoms with Gasteiger partial charge in [0.15, 0.2) is 0 Å². The number of nitrogens with zero attached hydrogens (tertiary/aromatic N) is 1. The molecule has 1 fully saturated rings. The van der Waals surface area contributed by atoms with Crippen LogP contribution in [0, 0.1) is 0 Å². The molecule has 2 amide bonds. The Balaban J connectivity index is 2.12. The summed E-state index contributed by atoms with van der Waals surface area (Å²) >= 11 is 0. The van der Waals surface area contributed by atoms with Crippen molar-refractivity contribution in [1.29, 1.82) is 0 Å². The highest BCUT2D eigenvalue weighted by Gasteiger charge is 2.13. The quantitative estimate of drug-likeness (QED) is 0.741. The van der Waals surface area contributed by atoms with E-state index in [0.29, 0.717) is 13.0 Å². The Hall–Kier alpha value is -1.26. The third-order valence-corrected chi connectivity index (χ3v) is 3.24. The minimum absolute atomic E-state index is 0.00669. The summed E-state index contributed by atoms with van der Waals surface area (Å²) in [7, 11) is 0. The largest absolute Gasteiger partial charge is 0.481 e. The lowest BCUT2D eigenvalue weighted by molar-refractivity contribution is -0.137. The van der Waals surface area contributed by atoms with E-state index in [9.17, 15) is 9.59 Å². The Labute approximate surface area is 109 Å². The van der Waals surface area contributed by atoms with E-state index in [-0.39, 0.29) is 12.5 Å². The molecule has 1 saturated heterocycles. The lowest BCUT2D eigenvalue weighted by atomic mass is 10.1. The van der Waals surface area contributed by atoms with Crippen molar-refractivity contribution in [3.63, 3.8) is 0 Å².